The van der Waals surface area contributed by atoms with Crippen molar-refractivity contribution in [3.63, 3.8) is 0 Å². The molecule has 11 nitrogen and oxygen atoms in total. The van der Waals surface area contributed by atoms with E-state index in [0.717, 1.165) is 5.56 Å². The van der Waals surface area contributed by atoms with Gasteiger partial charge in [-0.15, -0.1) is 0 Å². The first-order valence-electron chi connectivity index (χ1n) is 10.1. The predicted octanol–water partition coefficient (Wildman–Crippen LogP) is -0.899. The molecule has 7 N–H and O–H groups in total. The van der Waals surface area contributed by atoms with Crippen molar-refractivity contribution in [2.45, 2.75) is 50.9 Å². The number of H-pyrrole nitrogens is 1. The van der Waals surface area contributed by atoms with Gasteiger partial charge >= 0.3 is 5.97 Å². The normalized spacial score (nSPS) is 14.5. The van der Waals surface area contributed by atoms with Gasteiger partial charge < -0.3 is 31.8 Å². The molecule has 2 aromatic rings. The topological polar surface area (TPSA) is 179 Å². The van der Waals surface area contributed by atoms with E-state index in [1.165, 1.54) is 26.4 Å². The molecule has 0 fully saturated rings. The molecule has 4 atom stereocenters. The molecule has 0 aliphatic carbocycles. The SMILES string of the molecule is CC(N)C(=O)NC(Cc1ccccc1)C(=O)NC(Cc1cnc[nH]1)C(=O)NC(C)C(=O)O. The van der Waals surface area contributed by atoms with Gasteiger partial charge in [0.15, 0.2) is 0 Å². The van der Waals surface area contributed by atoms with Crippen molar-refractivity contribution in [2.24, 2.45) is 5.73 Å². The van der Waals surface area contributed by atoms with E-state index >= 15 is 0 Å². The maximum absolute atomic E-state index is 13.1. The van der Waals surface area contributed by atoms with Crippen LogP contribution in [-0.4, -0.2) is 62.9 Å². The molecule has 1 heterocycles. The van der Waals surface area contributed by atoms with Gasteiger partial charge in [-0.2, -0.15) is 0 Å². The zero-order valence-corrected chi connectivity index (χ0v) is 17.9. The number of carbonyl (C=O) groups excluding carboxylic acids is 3. The fraction of sp³-hybridized carbons (Fsp3) is 0.381. The van der Waals surface area contributed by atoms with Crippen molar-refractivity contribution < 1.29 is 24.3 Å². The van der Waals surface area contributed by atoms with Gasteiger partial charge in [0.2, 0.25) is 17.7 Å². The molecule has 0 aliphatic rings. The molecule has 2 rings (SSSR count). The van der Waals surface area contributed by atoms with Crippen molar-refractivity contribution in [3.05, 3.63) is 54.1 Å². The quantitative estimate of drug-likeness (QED) is 0.260. The number of aromatic amines is 1. The van der Waals surface area contributed by atoms with Crippen LogP contribution in [0.2, 0.25) is 0 Å². The van der Waals surface area contributed by atoms with Crippen LogP contribution in [0.15, 0.2) is 42.9 Å². The molecular formula is C21H28N6O5. The summed E-state index contributed by atoms with van der Waals surface area (Å²) in [5.41, 5.74) is 6.99. The lowest BCUT2D eigenvalue weighted by molar-refractivity contribution is -0.141. The van der Waals surface area contributed by atoms with E-state index < -0.39 is 47.9 Å². The Balaban J connectivity index is 2.21. The van der Waals surface area contributed by atoms with Gasteiger partial charge in [0.05, 0.1) is 12.4 Å². The smallest absolute Gasteiger partial charge is 0.325 e. The van der Waals surface area contributed by atoms with Crippen LogP contribution in [0.3, 0.4) is 0 Å². The maximum atomic E-state index is 13.1. The number of carbonyl (C=O) groups is 4. The number of rotatable bonds is 11. The summed E-state index contributed by atoms with van der Waals surface area (Å²) in [6.45, 7) is 2.81. The van der Waals surface area contributed by atoms with Crippen LogP contribution in [0.4, 0.5) is 0 Å². The first-order chi connectivity index (χ1) is 15.2. The van der Waals surface area contributed by atoms with E-state index in [-0.39, 0.29) is 12.8 Å². The molecule has 0 saturated carbocycles. The number of hydrogen-bond acceptors (Lipinski definition) is 6. The third-order valence-electron chi connectivity index (χ3n) is 4.67. The maximum Gasteiger partial charge on any atom is 0.325 e. The van der Waals surface area contributed by atoms with Crippen LogP contribution in [0.1, 0.15) is 25.1 Å². The lowest BCUT2D eigenvalue weighted by Crippen LogP contribution is -2.57. The number of nitrogens with two attached hydrogens (primary N) is 1. The molecule has 32 heavy (non-hydrogen) atoms. The Bertz CT molecular complexity index is 916. The molecule has 4 unspecified atom stereocenters. The van der Waals surface area contributed by atoms with E-state index in [9.17, 15) is 19.2 Å². The first kappa shape index (κ1) is 24.5. The Morgan fingerprint density at radius 1 is 0.969 bits per heavy atom. The van der Waals surface area contributed by atoms with Crippen LogP contribution < -0.4 is 21.7 Å². The largest absolute Gasteiger partial charge is 0.480 e. The minimum absolute atomic E-state index is 0.0448. The van der Waals surface area contributed by atoms with Crippen LogP contribution >= 0.6 is 0 Å². The van der Waals surface area contributed by atoms with Gasteiger partial charge in [0.25, 0.3) is 0 Å². The molecule has 0 saturated heterocycles. The second kappa shape index (κ2) is 11.6. The highest BCUT2D eigenvalue weighted by molar-refractivity contribution is 5.94. The molecule has 1 aromatic heterocycles. The third kappa shape index (κ3) is 7.51. The summed E-state index contributed by atoms with van der Waals surface area (Å²) >= 11 is 0. The monoisotopic (exact) mass is 444 g/mol. The molecule has 0 radical (unpaired) electrons. The second-order valence-electron chi connectivity index (χ2n) is 7.45. The summed E-state index contributed by atoms with van der Waals surface area (Å²) in [4.78, 5) is 55.8. The van der Waals surface area contributed by atoms with Gasteiger partial charge in [-0.25, -0.2) is 4.98 Å². The van der Waals surface area contributed by atoms with Gasteiger partial charge in [-0.05, 0) is 19.4 Å². The molecule has 1 aromatic carbocycles. The van der Waals surface area contributed by atoms with Crippen molar-refractivity contribution in [1.29, 1.82) is 0 Å². The highest BCUT2D eigenvalue weighted by atomic mass is 16.4. The summed E-state index contributed by atoms with van der Waals surface area (Å²) in [5.74, 6) is -3.02. The Kier molecular flexibility index (Phi) is 8.90. The lowest BCUT2D eigenvalue weighted by Gasteiger charge is -2.24. The zero-order chi connectivity index (χ0) is 23.7. The standard InChI is InChI=1S/C21H28N6O5/c1-12(22)18(28)26-16(8-14-6-4-3-5-7-14)20(30)27-17(9-15-10-23-11-24-15)19(29)25-13(2)21(31)32/h3-7,10-13,16-17H,8-9,22H2,1-2H3,(H,23,24)(H,25,29)(H,26,28)(H,27,30)(H,31,32). The highest BCUT2D eigenvalue weighted by Crippen LogP contribution is 2.06. The molecule has 0 bridgehead atoms. The fourth-order valence-corrected chi connectivity index (χ4v) is 2.84. The number of hydrogen-bond donors (Lipinski definition) is 6. The number of carboxylic acid groups (broad SMARTS) is 1. The van der Waals surface area contributed by atoms with Crippen LogP contribution in [0.25, 0.3) is 0 Å². The Morgan fingerprint density at radius 3 is 2.12 bits per heavy atom. The van der Waals surface area contributed by atoms with E-state index in [1.807, 2.05) is 18.2 Å². The van der Waals surface area contributed by atoms with E-state index in [2.05, 4.69) is 25.9 Å². The number of carboxylic acids is 1. The molecule has 172 valence electrons. The van der Waals surface area contributed by atoms with Crippen molar-refractivity contribution in [2.75, 3.05) is 0 Å². The van der Waals surface area contributed by atoms with Gasteiger partial charge in [-0.1, -0.05) is 30.3 Å². The Hall–Kier alpha value is -3.73. The zero-order valence-electron chi connectivity index (χ0n) is 17.9. The van der Waals surface area contributed by atoms with Crippen molar-refractivity contribution in [3.8, 4) is 0 Å². The number of amides is 3. The van der Waals surface area contributed by atoms with Gasteiger partial charge in [-0.3, -0.25) is 19.2 Å². The number of nitrogens with zero attached hydrogens (tertiary/aromatic N) is 1. The van der Waals surface area contributed by atoms with Crippen molar-refractivity contribution in [1.82, 2.24) is 25.9 Å². The molecule has 0 spiro atoms. The summed E-state index contributed by atoms with van der Waals surface area (Å²) in [7, 11) is 0. The number of benzene rings is 1. The number of nitrogens with one attached hydrogen (secondary N) is 4. The average molecular weight is 444 g/mol. The summed E-state index contributed by atoms with van der Waals surface area (Å²) < 4.78 is 0. The van der Waals surface area contributed by atoms with Crippen molar-refractivity contribution >= 4 is 23.7 Å². The summed E-state index contributed by atoms with van der Waals surface area (Å²) in [6.07, 6.45) is 3.14. The first-order valence-corrected chi connectivity index (χ1v) is 10.1. The minimum atomic E-state index is -1.21. The second-order valence-corrected chi connectivity index (χ2v) is 7.45. The number of aliphatic carboxylic acids is 1. The van der Waals surface area contributed by atoms with Crippen LogP contribution in [-0.2, 0) is 32.0 Å². The summed E-state index contributed by atoms with van der Waals surface area (Å²) in [5, 5.41) is 16.6. The molecule has 11 heteroatoms. The van der Waals surface area contributed by atoms with Gasteiger partial charge in [0, 0.05) is 24.7 Å². The summed E-state index contributed by atoms with van der Waals surface area (Å²) in [6, 6.07) is 4.97. The van der Waals surface area contributed by atoms with Crippen LogP contribution in [0, 0.1) is 0 Å². The fourth-order valence-electron chi connectivity index (χ4n) is 2.84. The predicted molar refractivity (Wildman–Crippen MR) is 115 cm³/mol. The number of imidazole rings is 1. The average Bonchev–Trinajstić information content (AvgIpc) is 3.26. The molecular weight excluding hydrogens is 416 g/mol. The Morgan fingerprint density at radius 2 is 1.56 bits per heavy atom. The highest BCUT2D eigenvalue weighted by Gasteiger charge is 2.29. The van der Waals surface area contributed by atoms with E-state index in [0.29, 0.717) is 5.69 Å². The molecule has 0 aliphatic heterocycles. The molecule has 3 amide bonds. The third-order valence-corrected chi connectivity index (χ3v) is 4.67. The number of aromatic nitrogens is 2. The lowest BCUT2D eigenvalue weighted by atomic mass is 10.0. The van der Waals surface area contributed by atoms with Gasteiger partial charge in [0.1, 0.15) is 18.1 Å². The minimum Gasteiger partial charge on any atom is -0.480 e. The van der Waals surface area contributed by atoms with E-state index in [4.69, 9.17) is 10.8 Å². The Labute approximate surface area is 185 Å². The van der Waals surface area contributed by atoms with Crippen LogP contribution in [0.5, 0.6) is 0 Å². The van der Waals surface area contributed by atoms with E-state index in [1.54, 1.807) is 12.1 Å².